The minimum atomic E-state index is -2.57. The predicted molar refractivity (Wildman–Crippen MR) is 51.9 cm³/mol. The predicted octanol–water partition coefficient (Wildman–Crippen LogP) is 3.54. The van der Waals surface area contributed by atoms with Gasteiger partial charge in [0.2, 0.25) is 0 Å². The zero-order valence-electron chi connectivity index (χ0n) is 8.61. The van der Waals surface area contributed by atoms with Crippen LogP contribution in [0.4, 0.5) is 8.78 Å². The molecular weight excluding hydrogens is 210 g/mol. The lowest BCUT2D eigenvalue weighted by atomic mass is 10.1. The van der Waals surface area contributed by atoms with Gasteiger partial charge in [-0.1, -0.05) is 11.6 Å². The molecular formula is C9H13ClF2N2. The van der Waals surface area contributed by atoms with E-state index in [0.29, 0.717) is 5.56 Å². The summed E-state index contributed by atoms with van der Waals surface area (Å²) in [6, 6.07) is 0. The molecule has 0 amide bonds. The zero-order valence-corrected chi connectivity index (χ0v) is 9.36. The zero-order chi connectivity index (χ0) is 11.1. The summed E-state index contributed by atoms with van der Waals surface area (Å²) in [5, 5.41) is 4.10. The van der Waals surface area contributed by atoms with Gasteiger partial charge in [0.05, 0.1) is 5.54 Å². The summed E-state index contributed by atoms with van der Waals surface area (Å²) in [7, 11) is 0. The van der Waals surface area contributed by atoms with Crippen molar-refractivity contribution < 1.29 is 8.78 Å². The van der Waals surface area contributed by atoms with Gasteiger partial charge in [-0.15, -0.1) is 0 Å². The number of alkyl halides is 2. The minimum Gasteiger partial charge on any atom is -0.248 e. The van der Waals surface area contributed by atoms with E-state index in [-0.39, 0.29) is 16.4 Å². The fourth-order valence-electron chi connectivity index (χ4n) is 1.14. The maximum Gasteiger partial charge on any atom is 0.282 e. The Hall–Kier alpha value is -0.640. The van der Waals surface area contributed by atoms with Gasteiger partial charge in [0.25, 0.3) is 6.43 Å². The van der Waals surface area contributed by atoms with Crippen molar-refractivity contribution >= 4 is 11.6 Å². The first-order valence-electron chi connectivity index (χ1n) is 4.28. The van der Waals surface area contributed by atoms with Crippen molar-refractivity contribution in [1.82, 2.24) is 9.78 Å². The van der Waals surface area contributed by atoms with Crippen LogP contribution in [0, 0.1) is 6.92 Å². The summed E-state index contributed by atoms with van der Waals surface area (Å²) >= 11 is 5.91. The fourth-order valence-corrected chi connectivity index (χ4v) is 1.53. The molecule has 0 aliphatic carbocycles. The largest absolute Gasteiger partial charge is 0.282 e. The average Bonchev–Trinajstić information content (AvgIpc) is 2.28. The summed E-state index contributed by atoms with van der Waals surface area (Å²) in [6.07, 6.45) is -2.57. The van der Waals surface area contributed by atoms with Crippen molar-refractivity contribution in [3.8, 4) is 0 Å². The molecule has 0 spiro atoms. The summed E-state index contributed by atoms with van der Waals surface area (Å²) in [5.41, 5.74) is -0.254. The lowest BCUT2D eigenvalue weighted by Crippen LogP contribution is -2.23. The van der Waals surface area contributed by atoms with Crippen molar-refractivity contribution in [2.75, 3.05) is 0 Å². The second-order valence-corrected chi connectivity index (χ2v) is 4.54. The highest BCUT2D eigenvalue weighted by Crippen LogP contribution is 2.30. The summed E-state index contributed by atoms with van der Waals surface area (Å²) in [4.78, 5) is 0. The van der Waals surface area contributed by atoms with Crippen LogP contribution < -0.4 is 0 Å². The van der Waals surface area contributed by atoms with E-state index >= 15 is 0 Å². The van der Waals surface area contributed by atoms with E-state index in [4.69, 9.17) is 11.6 Å². The van der Waals surface area contributed by atoms with E-state index < -0.39 is 6.43 Å². The molecule has 2 nitrogen and oxygen atoms in total. The Morgan fingerprint density at radius 1 is 1.36 bits per heavy atom. The molecule has 0 fully saturated rings. The molecule has 0 atom stereocenters. The second-order valence-electron chi connectivity index (χ2n) is 4.18. The number of rotatable bonds is 1. The lowest BCUT2D eigenvalue weighted by Gasteiger charge is -2.20. The van der Waals surface area contributed by atoms with Crippen LogP contribution in [0.3, 0.4) is 0 Å². The Balaban J connectivity index is 3.29. The minimum absolute atomic E-state index is 0.232. The van der Waals surface area contributed by atoms with Gasteiger partial charge < -0.3 is 0 Å². The molecule has 1 heterocycles. The van der Waals surface area contributed by atoms with Crippen LogP contribution in [0.15, 0.2) is 0 Å². The van der Waals surface area contributed by atoms with Crippen LogP contribution in [-0.4, -0.2) is 9.78 Å². The molecule has 80 valence electrons. The normalized spacial score (nSPS) is 12.6. The molecule has 0 bridgehead atoms. The third kappa shape index (κ3) is 1.90. The quantitative estimate of drug-likeness (QED) is 0.711. The van der Waals surface area contributed by atoms with Gasteiger partial charge in [-0.25, -0.2) is 13.5 Å². The molecule has 0 aromatic carbocycles. The molecule has 0 radical (unpaired) electrons. The first-order chi connectivity index (χ1) is 6.25. The number of aromatic nitrogens is 2. The monoisotopic (exact) mass is 222 g/mol. The number of nitrogens with zero attached hydrogens (tertiary/aromatic N) is 2. The van der Waals surface area contributed by atoms with Crippen LogP contribution in [-0.2, 0) is 5.54 Å². The van der Waals surface area contributed by atoms with Gasteiger partial charge in [-0.2, -0.15) is 5.10 Å². The Morgan fingerprint density at radius 2 is 1.86 bits per heavy atom. The van der Waals surface area contributed by atoms with Crippen LogP contribution in [0.25, 0.3) is 0 Å². The highest BCUT2D eigenvalue weighted by Gasteiger charge is 2.25. The number of halogens is 3. The second kappa shape index (κ2) is 3.50. The van der Waals surface area contributed by atoms with Gasteiger partial charge in [-0.05, 0) is 27.7 Å². The highest BCUT2D eigenvalue weighted by molar-refractivity contribution is 6.30. The number of hydrogen-bond acceptors (Lipinski definition) is 1. The summed E-state index contributed by atoms with van der Waals surface area (Å²) in [6.45, 7) is 7.14. The highest BCUT2D eigenvalue weighted by atomic mass is 35.5. The third-order valence-corrected chi connectivity index (χ3v) is 2.37. The van der Waals surface area contributed by atoms with Crippen LogP contribution in [0.2, 0.25) is 5.15 Å². The fraction of sp³-hybridized carbons (Fsp3) is 0.667. The van der Waals surface area contributed by atoms with Gasteiger partial charge >= 0.3 is 0 Å². The average molecular weight is 223 g/mol. The van der Waals surface area contributed by atoms with Crippen molar-refractivity contribution in [2.24, 2.45) is 0 Å². The Kier molecular flexibility index (Phi) is 2.86. The molecule has 0 saturated carbocycles. The van der Waals surface area contributed by atoms with Crippen molar-refractivity contribution in [1.29, 1.82) is 0 Å². The Morgan fingerprint density at radius 3 is 2.07 bits per heavy atom. The van der Waals surface area contributed by atoms with Gasteiger partial charge in [-0.3, -0.25) is 0 Å². The molecule has 0 aliphatic heterocycles. The van der Waals surface area contributed by atoms with Crippen LogP contribution in [0.5, 0.6) is 0 Å². The molecule has 14 heavy (non-hydrogen) atoms. The van der Waals surface area contributed by atoms with E-state index in [2.05, 4.69) is 5.10 Å². The van der Waals surface area contributed by atoms with E-state index in [1.807, 2.05) is 20.8 Å². The van der Waals surface area contributed by atoms with Crippen LogP contribution >= 0.6 is 11.6 Å². The first kappa shape index (κ1) is 11.4. The molecule has 1 aromatic heterocycles. The van der Waals surface area contributed by atoms with Crippen molar-refractivity contribution in [3.05, 3.63) is 16.4 Å². The van der Waals surface area contributed by atoms with Crippen molar-refractivity contribution in [2.45, 2.75) is 39.7 Å². The Bertz CT molecular complexity index is 339. The standard InChI is InChI=1S/C9H13ClF2N2/c1-5-6(8(11)12)13-14(7(5)10)9(2,3)4/h8H,1-4H3. The summed E-state index contributed by atoms with van der Waals surface area (Å²) in [5.74, 6) is 0. The SMILES string of the molecule is Cc1c(C(F)F)nn(C(C)(C)C)c1Cl. The topological polar surface area (TPSA) is 17.8 Å². The molecule has 0 aliphatic rings. The van der Waals surface area contributed by atoms with E-state index in [0.717, 1.165) is 0 Å². The maximum absolute atomic E-state index is 12.5. The Labute approximate surface area is 86.9 Å². The number of hydrogen-bond donors (Lipinski definition) is 0. The third-order valence-electron chi connectivity index (χ3n) is 1.93. The van der Waals surface area contributed by atoms with E-state index in [1.54, 1.807) is 6.92 Å². The van der Waals surface area contributed by atoms with Crippen molar-refractivity contribution in [3.63, 3.8) is 0 Å². The summed E-state index contributed by atoms with van der Waals surface area (Å²) < 4.78 is 26.4. The molecule has 1 rings (SSSR count). The van der Waals surface area contributed by atoms with Crippen LogP contribution in [0.1, 0.15) is 38.5 Å². The molecule has 1 aromatic rings. The molecule has 0 unspecified atom stereocenters. The lowest BCUT2D eigenvalue weighted by molar-refractivity contribution is 0.143. The van der Waals surface area contributed by atoms with E-state index in [9.17, 15) is 8.78 Å². The molecule has 0 saturated heterocycles. The smallest absolute Gasteiger partial charge is 0.248 e. The van der Waals surface area contributed by atoms with Gasteiger partial charge in [0, 0.05) is 5.56 Å². The molecule has 0 N–H and O–H groups in total. The first-order valence-corrected chi connectivity index (χ1v) is 4.66. The van der Waals surface area contributed by atoms with E-state index in [1.165, 1.54) is 4.68 Å². The maximum atomic E-state index is 12.5. The molecule has 5 heteroatoms. The van der Waals surface area contributed by atoms with Gasteiger partial charge in [0.1, 0.15) is 10.8 Å². The van der Waals surface area contributed by atoms with Gasteiger partial charge in [0.15, 0.2) is 0 Å².